The lowest BCUT2D eigenvalue weighted by Crippen LogP contribution is -2.29. The van der Waals surface area contributed by atoms with Crippen molar-refractivity contribution in [3.8, 4) is 6.07 Å². The van der Waals surface area contributed by atoms with Crippen LogP contribution >= 0.6 is 11.3 Å². The van der Waals surface area contributed by atoms with Crippen molar-refractivity contribution in [3.63, 3.8) is 0 Å². The van der Waals surface area contributed by atoms with Crippen LogP contribution in [0.3, 0.4) is 0 Å². The summed E-state index contributed by atoms with van der Waals surface area (Å²) >= 11 is 0.980. The zero-order chi connectivity index (χ0) is 13.2. The van der Waals surface area contributed by atoms with E-state index in [2.05, 4.69) is 0 Å². The van der Waals surface area contributed by atoms with Gasteiger partial charge >= 0.3 is 12.1 Å². The first kappa shape index (κ1) is 13.5. The summed E-state index contributed by atoms with van der Waals surface area (Å²) in [5, 5.41) is 10.6. The van der Waals surface area contributed by atoms with Crippen LogP contribution in [0, 0.1) is 18.3 Å². The molecule has 1 aromatic heterocycles. The molecule has 0 aromatic carbocycles. The average molecular weight is 262 g/mol. The molecule has 0 aliphatic rings. The first-order chi connectivity index (χ1) is 7.81. The molecule has 7 heteroatoms. The Morgan fingerprint density at radius 1 is 1.53 bits per heavy atom. The standard InChI is InChI=1S/C10H9F3N2OS/c1-3-6-5(2)17-8(7(6)4-14)15-9(16)10(11,12)13/h3H2,1-2H3,(H,15,16). The molecule has 92 valence electrons. The summed E-state index contributed by atoms with van der Waals surface area (Å²) in [6.45, 7) is 3.50. The number of nitriles is 1. The van der Waals surface area contributed by atoms with E-state index in [0.717, 1.165) is 16.2 Å². The minimum Gasteiger partial charge on any atom is -0.309 e. The first-order valence-corrected chi connectivity index (χ1v) is 5.53. The second-order valence-corrected chi connectivity index (χ2v) is 4.48. The van der Waals surface area contributed by atoms with E-state index in [-0.39, 0.29) is 10.6 Å². The Balaban J connectivity index is 3.09. The van der Waals surface area contributed by atoms with Gasteiger partial charge in [0.05, 0.1) is 5.56 Å². The van der Waals surface area contributed by atoms with Gasteiger partial charge < -0.3 is 5.32 Å². The molecule has 1 aromatic rings. The number of alkyl halides is 3. The summed E-state index contributed by atoms with van der Waals surface area (Å²) in [4.78, 5) is 11.5. The lowest BCUT2D eigenvalue weighted by molar-refractivity contribution is -0.167. The fourth-order valence-electron chi connectivity index (χ4n) is 1.38. The molecule has 0 unspecified atom stereocenters. The topological polar surface area (TPSA) is 52.9 Å². The Kier molecular flexibility index (Phi) is 3.78. The molecule has 0 spiro atoms. The van der Waals surface area contributed by atoms with Crippen molar-refractivity contribution in [2.75, 3.05) is 5.32 Å². The minimum absolute atomic E-state index is 0.0378. The van der Waals surface area contributed by atoms with Gasteiger partial charge in [0.25, 0.3) is 0 Å². The third-order valence-electron chi connectivity index (χ3n) is 2.16. The van der Waals surface area contributed by atoms with Crippen LogP contribution in [-0.4, -0.2) is 12.1 Å². The minimum atomic E-state index is -4.95. The van der Waals surface area contributed by atoms with Gasteiger partial charge in [-0.15, -0.1) is 11.3 Å². The lowest BCUT2D eigenvalue weighted by Gasteiger charge is -2.06. The number of hydrogen-bond acceptors (Lipinski definition) is 3. The average Bonchev–Trinajstić information content (AvgIpc) is 2.52. The highest BCUT2D eigenvalue weighted by Gasteiger charge is 2.39. The molecule has 0 aliphatic heterocycles. The Bertz CT molecular complexity index is 485. The van der Waals surface area contributed by atoms with Gasteiger partial charge in [0, 0.05) is 4.88 Å². The van der Waals surface area contributed by atoms with Crippen LogP contribution in [0.15, 0.2) is 0 Å². The number of carbonyl (C=O) groups is 1. The summed E-state index contributed by atoms with van der Waals surface area (Å²) in [5.41, 5.74) is 0.794. The van der Waals surface area contributed by atoms with E-state index in [1.807, 2.05) is 6.07 Å². The number of aryl methyl sites for hydroxylation is 1. The number of anilines is 1. The Hall–Kier alpha value is -1.55. The van der Waals surface area contributed by atoms with Crippen molar-refractivity contribution in [1.29, 1.82) is 5.26 Å². The summed E-state index contributed by atoms with van der Waals surface area (Å²) in [6.07, 6.45) is -4.41. The lowest BCUT2D eigenvalue weighted by atomic mass is 10.1. The highest BCUT2D eigenvalue weighted by Crippen LogP contribution is 2.33. The molecule has 1 heterocycles. The second-order valence-electron chi connectivity index (χ2n) is 3.26. The van der Waals surface area contributed by atoms with Crippen molar-refractivity contribution in [2.45, 2.75) is 26.4 Å². The SMILES string of the molecule is CCc1c(C)sc(NC(=O)C(F)(F)F)c1C#N. The number of nitrogens with one attached hydrogen (secondary N) is 1. The molecular formula is C10H9F3N2OS. The van der Waals surface area contributed by atoms with Crippen molar-refractivity contribution in [1.82, 2.24) is 0 Å². The number of halogens is 3. The highest BCUT2D eigenvalue weighted by atomic mass is 32.1. The number of carbonyl (C=O) groups excluding carboxylic acids is 1. The van der Waals surface area contributed by atoms with E-state index in [4.69, 9.17) is 5.26 Å². The van der Waals surface area contributed by atoms with Gasteiger partial charge in [-0.3, -0.25) is 4.79 Å². The number of thiophene rings is 1. The van der Waals surface area contributed by atoms with Gasteiger partial charge in [0.1, 0.15) is 11.1 Å². The number of amides is 1. The van der Waals surface area contributed by atoms with Gasteiger partial charge in [-0.1, -0.05) is 6.92 Å². The number of hydrogen-bond donors (Lipinski definition) is 1. The predicted molar refractivity (Wildman–Crippen MR) is 57.8 cm³/mol. The third-order valence-corrected chi connectivity index (χ3v) is 3.22. The quantitative estimate of drug-likeness (QED) is 0.890. The van der Waals surface area contributed by atoms with Gasteiger partial charge in [0.15, 0.2) is 0 Å². The molecule has 17 heavy (non-hydrogen) atoms. The summed E-state index contributed by atoms with van der Waals surface area (Å²) in [5.74, 6) is -2.06. The predicted octanol–water partition coefficient (Wildman–Crippen LogP) is 2.99. The molecule has 0 saturated heterocycles. The molecule has 0 bridgehead atoms. The van der Waals surface area contributed by atoms with Gasteiger partial charge in [-0.25, -0.2) is 0 Å². The molecule has 1 amide bonds. The summed E-state index contributed by atoms with van der Waals surface area (Å²) in [6, 6.07) is 1.82. The van der Waals surface area contributed by atoms with Crippen molar-refractivity contribution in [3.05, 3.63) is 16.0 Å². The molecule has 0 saturated carbocycles. The van der Waals surface area contributed by atoms with Gasteiger partial charge in [-0.2, -0.15) is 18.4 Å². The zero-order valence-corrected chi connectivity index (χ0v) is 9.92. The Morgan fingerprint density at radius 2 is 2.12 bits per heavy atom. The second kappa shape index (κ2) is 4.75. The van der Waals surface area contributed by atoms with Gasteiger partial charge in [0.2, 0.25) is 0 Å². The van der Waals surface area contributed by atoms with Crippen molar-refractivity contribution in [2.24, 2.45) is 0 Å². The number of rotatable bonds is 2. The van der Waals surface area contributed by atoms with Crippen LogP contribution in [0.1, 0.15) is 22.9 Å². The van der Waals surface area contributed by atoms with Gasteiger partial charge in [-0.05, 0) is 18.9 Å². The molecule has 1 N–H and O–H groups in total. The van der Waals surface area contributed by atoms with Crippen molar-refractivity contribution < 1.29 is 18.0 Å². The van der Waals surface area contributed by atoms with Crippen LogP contribution in [0.5, 0.6) is 0 Å². The highest BCUT2D eigenvalue weighted by molar-refractivity contribution is 7.16. The first-order valence-electron chi connectivity index (χ1n) is 4.71. The van der Waals surface area contributed by atoms with Crippen molar-refractivity contribution >= 4 is 22.2 Å². The smallest absolute Gasteiger partial charge is 0.309 e. The monoisotopic (exact) mass is 262 g/mol. The fraction of sp³-hybridized carbons (Fsp3) is 0.400. The van der Waals surface area contributed by atoms with Crippen LogP contribution in [0.4, 0.5) is 18.2 Å². The van der Waals surface area contributed by atoms with Crippen LogP contribution in [0.25, 0.3) is 0 Å². The Morgan fingerprint density at radius 3 is 2.53 bits per heavy atom. The van der Waals surface area contributed by atoms with Crippen LogP contribution in [0.2, 0.25) is 0 Å². The zero-order valence-electron chi connectivity index (χ0n) is 9.10. The molecule has 3 nitrogen and oxygen atoms in total. The van der Waals surface area contributed by atoms with E-state index in [9.17, 15) is 18.0 Å². The molecule has 1 rings (SSSR count). The summed E-state index contributed by atoms with van der Waals surface area (Å²) in [7, 11) is 0. The molecule has 0 fully saturated rings. The molecule has 0 aliphatic carbocycles. The maximum absolute atomic E-state index is 12.1. The molecule has 0 radical (unpaired) electrons. The molecular weight excluding hydrogens is 253 g/mol. The maximum atomic E-state index is 12.1. The Labute approximate surface area is 99.9 Å². The largest absolute Gasteiger partial charge is 0.471 e. The van der Waals surface area contributed by atoms with E-state index in [0.29, 0.717) is 12.0 Å². The van der Waals surface area contributed by atoms with Crippen LogP contribution in [-0.2, 0) is 11.2 Å². The fourth-order valence-corrected chi connectivity index (χ4v) is 2.48. The molecule has 0 atom stereocenters. The maximum Gasteiger partial charge on any atom is 0.471 e. The summed E-state index contributed by atoms with van der Waals surface area (Å²) < 4.78 is 36.2. The number of nitrogens with zero attached hydrogens (tertiary/aromatic N) is 1. The third kappa shape index (κ3) is 2.77. The van der Waals surface area contributed by atoms with E-state index >= 15 is 0 Å². The van der Waals surface area contributed by atoms with Crippen LogP contribution < -0.4 is 5.32 Å². The van der Waals surface area contributed by atoms with E-state index < -0.39 is 12.1 Å². The van der Waals surface area contributed by atoms with E-state index in [1.54, 1.807) is 19.2 Å². The normalized spacial score (nSPS) is 11.1. The van der Waals surface area contributed by atoms with E-state index in [1.165, 1.54) is 0 Å².